The van der Waals surface area contributed by atoms with Crippen LogP contribution in [0.15, 0.2) is 12.2 Å². The Labute approximate surface area is 147 Å². The first-order valence-corrected chi connectivity index (χ1v) is 10.1. The van der Waals surface area contributed by atoms with E-state index >= 15 is 0 Å². The number of carbonyl (C=O) groups is 3. The highest BCUT2D eigenvalue weighted by molar-refractivity contribution is 8.01. The van der Waals surface area contributed by atoms with Crippen molar-refractivity contribution in [2.75, 3.05) is 5.75 Å². The predicted molar refractivity (Wildman–Crippen MR) is 92.5 cm³/mol. The van der Waals surface area contributed by atoms with Crippen LogP contribution in [0.4, 0.5) is 0 Å². The van der Waals surface area contributed by atoms with Crippen LogP contribution in [-0.2, 0) is 14.4 Å². The molecule has 0 unspecified atom stereocenters. The largest absolute Gasteiger partial charge is 0.299 e. The molecule has 6 atom stereocenters. The fourth-order valence-corrected chi connectivity index (χ4v) is 9.53. The zero-order chi connectivity index (χ0) is 17.2. The Morgan fingerprint density at radius 1 is 0.917 bits per heavy atom. The summed E-state index contributed by atoms with van der Waals surface area (Å²) >= 11 is 1.74. The lowest BCUT2D eigenvalue weighted by molar-refractivity contribution is -0.173. The van der Waals surface area contributed by atoms with Crippen molar-refractivity contribution in [3.63, 3.8) is 0 Å². The average Bonchev–Trinajstić information content (AvgIpc) is 3.23. The van der Waals surface area contributed by atoms with Crippen LogP contribution in [0.1, 0.15) is 34.1 Å². The van der Waals surface area contributed by atoms with Gasteiger partial charge < -0.3 is 0 Å². The molecule has 4 fully saturated rings. The first-order chi connectivity index (χ1) is 11.2. The van der Waals surface area contributed by atoms with E-state index in [0.717, 1.165) is 6.42 Å². The Morgan fingerprint density at radius 3 is 2.04 bits per heavy atom. The lowest BCUT2D eigenvalue weighted by Crippen LogP contribution is -2.76. The van der Waals surface area contributed by atoms with Crippen molar-refractivity contribution >= 4 is 29.1 Å². The number of ketones is 3. The summed E-state index contributed by atoms with van der Waals surface area (Å²) in [6.07, 6.45) is 5.29. The zero-order valence-electron chi connectivity index (χ0n) is 14.7. The summed E-state index contributed by atoms with van der Waals surface area (Å²) in [6.45, 7) is 7.95. The van der Waals surface area contributed by atoms with E-state index in [4.69, 9.17) is 0 Å². The second-order valence-electron chi connectivity index (χ2n) is 9.51. The SMILES string of the molecule is CC1(C)C(=O)C(C)(C)C12SC[C@@H]1C(=O)[C@H]3[C@H](C(=O)[C@H]12)[C@H]1C=C[C@H]3C1. The molecule has 5 rings (SSSR count). The lowest BCUT2D eigenvalue weighted by Gasteiger charge is -2.66. The highest BCUT2D eigenvalue weighted by Gasteiger charge is 2.81. The predicted octanol–water partition coefficient (Wildman–Crippen LogP) is 2.93. The molecule has 2 bridgehead atoms. The van der Waals surface area contributed by atoms with Crippen molar-refractivity contribution in [2.24, 2.45) is 46.3 Å². The standard InChI is InChI=1S/C20H24O3S/c1-18(2)17(23)19(3,4)20(18)14-11(8-24-20)15(21)12-9-5-6-10(7-9)13(12)16(14)22/h5-6,9-14H,7-8H2,1-4H3/t9-,10-,11-,12+,13+,14-/m0/s1. The number of carbonyl (C=O) groups excluding carboxylic acids is 3. The molecule has 1 heterocycles. The first kappa shape index (κ1) is 15.4. The van der Waals surface area contributed by atoms with Crippen LogP contribution in [0.25, 0.3) is 0 Å². The Bertz CT molecular complexity index is 713. The number of thioether (sulfide) groups is 1. The van der Waals surface area contributed by atoms with Crippen molar-refractivity contribution in [1.82, 2.24) is 0 Å². The molecule has 0 N–H and O–H groups in total. The molecule has 24 heavy (non-hydrogen) atoms. The minimum atomic E-state index is -0.531. The fraction of sp³-hybridized carbons (Fsp3) is 0.750. The highest BCUT2D eigenvalue weighted by atomic mass is 32.2. The lowest BCUT2D eigenvalue weighted by atomic mass is 9.40. The molecule has 3 nitrogen and oxygen atoms in total. The molecule has 5 aliphatic rings. The van der Waals surface area contributed by atoms with Crippen LogP contribution in [0, 0.1) is 46.3 Å². The van der Waals surface area contributed by atoms with Crippen molar-refractivity contribution in [3.05, 3.63) is 12.2 Å². The second-order valence-corrected chi connectivity index (χ2v) is 10.8. The average molecular weight is 344 g/mol. The Hall–Kier alpha value is -0.900. The van der Waals surface area contributed by atoms with Gasteiger partial charge in [0.25, 0.3) is 0 Å². The van der Waals surface area contributed by atoms with Crippen LogP contribution in [0.5, 0.6) is 0 Å². The van der Waals surface area contributed by atoms with Gasteiger partial charge in [-0.05, 0) is 18.3 Å². The topological polar surface area (TPSA) is 51.2 Å². The summed E-state index contributed by atoms with van der Waals surface area (Å²) in [7, 11) is 0. The van der Waals surface area contributed by atoms with Crippen LogP contribution in [-0.4, -0.2) is 27.8 Å². The van der Waals surface area contributed by atoms with Gasteiger partial charge in [-0.25, -0.2) is 0 Å². The summed E-state index contributed by atoms with van der Waals surface area (Å²) in [5.41, 5.74) is -1.06. The molecule has 4 aliphatic carbocycles. The Morgan fingerprint density at radius 2 is 1.46 bits per heavy atom. The van der Waals surface area contributed by atoms with E-state index in [2.05, 4.69) is 12.2 Å². The minimum Gasteiger partial charge on any atom is -0.299 e. The summed E-state index contributed by atoms with van der Waals surface area (Å²) in [6, 6.07) is 0. The van der Waals surface area contributed by atoms with E-state index in [-0.39, 0.29) is 41.3 Å². The summed E-state index contributed by atoms with van der Waals surface area (Å²) in [4.78, 5) is 39.6. The normalized spacial score (nSPS) is 48.6. The van der Waals surface area contributed by atoms with E-state index in [1.165, 1.54) is 0 Å². The van der Waals surface area contributed by atoms with Gasteiger partial charge in [0.05, 0.1) is 4.75 Å². The third kappa shape index (κ3) is 1.26. The molecule has 1 spiro atoms. The van der Waals surface area contributed by atoms with E-state index in [0.29, 0.717) is 17.3 Å². The number of rotatable bonds is 0. The van der Waals surface area contributed by atoms with Gasteiger partial charge in [0, 0.05) is 40.3 Å². The number of Topliss-reactive ketones (excluding diaryl/α,β-unsaturated/α-hetero) is 3. The zero-order valence-corrected chi connectivity index (χ0v) is 15.5. The number of allylic oxidation sites excluding steroid dienone is 2. The van der Waals surface area contributed by atoms with Crippen LogP contribution in [0.3, 0.4) is 0 Å². The van der Waals surface area contributed by atoms with Gasteiger partial charge in [-0.2, -0.15) is 11.8 Å². The van der Waals surface area contributed by atoms with Gasteiger partial charge in [0.1, 0.15) is 17.3 Å². The molecule has 0 aromatic heterocycles. The van der Waals surface area contributed by atoms with E-state index < -0.39 is 15.6 Å². The Balaban J connectivity index is 1.65. The molecule has 1 aliphatic heterocycles. The van der Waals surface area contributed by atoms with Crippen molar-refractivity contribution in [1.29, 1.82) is 0 Å². The summed E-state index contributed by atoms with van der Waals surface area (Å²) < 4.78 is -0.412. The fourth-order valence-electron chi connectivity index (χ4n) is 7.36. The number of fused-ring (bicyclic) bond motifs is 7. The van der Waals surface area contributed by atoms with Gasteiger partial charge in [0.2, 0.25) is 0 Å². The first-order valence-electron chi connectivity index (χ1n) is 9.11. The number of hydrogen-bond acceptors (Lipinski definition) is 4. The molecule has 0 aromatic carbocycles. The maximum absolute atomic E-state index is 13.6. The second kappa shape index (κ2) is 4.08. The quantitative estimate of drug-likeness (QED) is 0.634. The van der Waals surface area contributed by atoms with Crippen molar-refractivity contribution in [3.8, 4) is 0 Å². The third-order valence-corrected chi connectivity index (χ3v) is 10.4. The van der Waals surface area contributed by atoms with Crippen LogP contribution in [0.2, 0.25) is 0 Å². The van der Waals surface area contributed by atoms with Crippen molar-refractivity contribution in [2.45, 2.75) is 38.9 Å². The minimum absolute atomic E-state index is 0.0773. The van der Waals surface area contributed by atoms with Gasteiger partial charge >= 0.3 is 0 Å². The summed E-state index contributed by atoms with van der Waals surface area (Å²) in [5.74, 6) is 1.44. The maximum Gasteiger partial charge on any atom is 0.146 e. The molecular weight excluding hydrogens is 320 g/mol. The van der Waals surface area contributed by atoms with Gasteiger partial charge in [0.15, 0.2) is 0 Å². The monoisotopic (exact) mass is 344 g/mol. The molecule has 128 valence electrons. The number of hydrogen-bond donors (Lipinski definition) is 0. The van der Waals surface area contributed by atoms with E-state index in [1.54, 1.807) is 11.8 Å². The highest BCUT2D eigenvalue weighted by Crippen LogP contribution is 2.75. The van der Waals surface area contributed by atoms with E-state index in [9.17, 15) is 14.4 Å². The molecule has 0 radical (unpaired) electrons. The molecule has 4 heteroatoms. The van der Waals surface area contributed by atoms with Gasteiger partial charge in [-0.1, -0.05) is 39.8 Å². The molecule has 0 aromatic rings. The molecule has 3 saturated carbocycles. The molecule has 0 amide bonds. The third-order valence-electron chi connectivity index (χ3n) is 8.11. The molecule has 1 saturated heterocycles. The molecular formula is C20H24O3S. The summed E-state index contributed by atoms with van der Waals surface area (Å²) in [5, 5.41) is 0. The smallest absolute Gasteiger partial charge is 0.146 e. The van der Waals surface area contributed by atoms with E-state index in [1.807, 2.05) is 27.7 Å². The van der Waals surface area contributed by atoms with Crippen molar-refractivity contribution < 1.29 is 14.4 Å². The maximum atomic E-state index is 13.6. The van der Waals surface area contributed by atoms with Crippen LogP contribution >= 0.6 is 11.8 Å². The van der Waals surface area contributed by atoms with Gasteiger partial charge in [-0.3, -0.25) is 14.4 Å². The van der Waals surface area contributed by atoms with Gasteiger partial charge in [-0.15, -0.1) is 0 Å². The van der Waals surface area contributed by atoms with Crippen LogP contribution < -0.4 is 0 Å². The Kier molecular flexibility index (Phi) is 2.61.